The Bertz CT molecular complexity index is 483. The third-order valence-electron chi connectivity index (χ3n) is 2.58. The van der Waals surface area contributed by atoms with Crippen LogP contribution < -0.4 is 0 Å². The first-order valence-electron chi connectivity index (χ1n) is 4.65. The number of nitro groups is 2. The Morgan fingerprint density at radius 3 is 2.38 bits per heavy atom. The van der Waals surface area contributed by atoms with Crippen molar-refractivity contribution in [1.82, 2.24) is 0 Å². The molecule has 0 bridgehead atoms. The zero-order valence-corrected chi connectivity index (χ0v) is 8.15. The van der Waals surface area contributed by atoms with Crippen molar-refractivity contribution in [2.75, 3.05) is 0 Å². The van der Waals surface area contributed by atoms with E-state index in [-0.39, 0.29) is 0 Å². The second kappa shape index (κ2) is 3.73. The molecule has 0 aliphatic heterocycles. The molecule has 1 aliphatic carbocycles. The minimum atomic E-state index is -1.30. The highest BCUT2D eigenvalue weighted by Gasteiger charge is 2.43. The Hall–Kier alpha value is -2.24. The fraction of sp³-hybridized carbons (Fsp3) is 0.200. The van der Waals surface area contributed by atoms with Crippen molar-refractivity contribution in [3.63, 3.8) is 0 Å². The molecule has 0 aromatic heterocycles. The van der Waals surface area contributed by atoms with Gasteiger partial charge in [-0.15, -0.1) is 0 Å². The highest BCUT2D eigenvalue weighted by Crippen LogP contribution is 2.31. The van der Waals surface area contributed by atoms with E-state index < -0.39 is 21.9 Å². The van der Waals surface area contributed by atoms with Crippen LogP contribution in [0.25, 0.3) is 6.08 Å². The summed E-state index contributed by atoms with van der Waals surface area (Å²) >= 11 is 0. The second-order valence-electron chi connectivity index (χ2n) is 3.49. The Balaban J connectivity index is 2.54. The van der Waals surface area contributed by atoms with Gasteiger partial charge in [0.1, 0.15) is 0 Å². The summed E-state index contributed by atoms with van der Waals surface area (Å²) in [5.41, 5.74) is 1.07. The van der Waals surface area contributed by atoms with E-state index in [0.717, 1.165) is 0 Å². The van der Waals surface area contributed by atoms with Crippen molar-refractivity contribution < 1.29 is 9.85 Å². The molecule has 2 rings (SSSR count). The van der Waals surface area contributed by atoms with Gasteiger partial charge in [-0.1, -0.05) is 30.3 Å². The maximum Gasteiger partial charge on any atom is 0.308 e. The Morgan fingerprint density at radius 1 is 1.06 bits per heavy atom. The van der Waals surface area contributed by atoms with Crippen LogP contribution >= 0.6 is 0 Å². The van der Waals surface area contributed by atoms with Gasteiger partial charge < -0.3 is 0 Å². The normalized spacial score (nSPS) is 22.5. The largest absolute Gasteiger partial charge is 0.308 e. The number of nitrogens with zero attached hydrogens (tertiary/aromatic N) is 2. The lowest BCUT2D eigenvalue weighted by molar-refractivity contribution is -0.614. The summed E-state index contributed by atoms with van der Waals surface area (Å²) in [6.07, 6.45) is 2.83. The first-order valence-corrected chi connectivity index (χ1v) is 4.65. The van der Waals surface area contributed by atoms with Gasteiger partial charge in [0.05, 0.1) is 0 Å². The van der Waals surface area contributed by atoms with E-state index >= 15 is 0 Å². The molecule has 82 valence electrons. The predicted octanol–water partition coefficient (Wildman–Crippen LogP) is 1.68. The molecule has 0 saturated heterocycles. The van der Waals surface area contributed by atoms with Crippen LogP contribution in [0.1, 0.15) is 17.2 Å². The topological polar surface area (TPSA) is 86.3 Å². The Morgan fingerprint density at radius 2 is 1.75 bits per heavy atom. The minimum absolute atomic E-state index is 0.400. The molecule has 16 heavy (non-hydrogen) atoms. The molecule has 0 amide bonds. The van der Waals surface area contributed by atoms with Crippen LogP contribution in [0.3, 0.4) is 0 Å². The lowest BCUT2D eigenvalue weighted by atomic mass is 9.90. The van der Waals surface area contributed by atoms with Crippen LogP contribution in [0.2, 0.25) is 0 Å². The van der Waals surface area contributed by atoms with Gasteiger partial charge in [0.25, 0.3) is 0 Å². The number of hydrogen-bond donors (Lipinski definition) is 0. The molecule has 6 nitrogen and oxygen atoms in total. The van der Waals surface area contributed by atoms with Crippen molar-refractivity contribution in [2.24, 2.45) is 0 Å². The van der Waals surface area contributed by atoms with Gasteiger partial charge in [-0.2, -0.15) is 0 Å². The lowest BCUT2D eigenvalue weighted by Gasteiger charge is -2.17. The summed E-state index contributed by atoms with van der Waals surface area (Å²) in [7, 11) is 0. The maximum absolute atomic E-state index is 10.9. The zero-order chi connectivity index (χ0) is 11.7. The third kappa shape index (κ3) is 1.54. The number of benzene rings is 1. The third-order valence-corrected chi connectivity index (χ3v) is 2.58. The smallest absolute Gasteiger partial charge is 0.264 e. The van der Waals surface area contributed by atoms with Crippen molar-refractivity contribution in [1.29, 1.82) is 0 Å². The molecule has 0 heterocycles. The summed E-state index contributed by atoms with van der Waals surface area (Å²) in [6.45, 7) is 0. The summed E-state index contributed by atoms with van der Waals surface area (Å²) in [4.78, 5) is 20.4. The fourth-order valence-electron chi connectivity index (χ4n) is 1.85. The van der Waals surface area contributed by atoms with Gasteiger partial charge in [-0.25, -0.2) is 0 Å². The van der Waals surface area contributed by atoms with Crippen molar-refractivity contribution in [3.05, 3.63) is 61.7 Å². The summed E-state index contributed by atoms with van der Waals surface area (Å²) in [5, 5.41) is 21.6. The van der Waals surface area contributed by atoms with Crippen LogP contribution in [0.15, 0.2) is 30.3 Å². The minimum Gasteiger partial charge on any atom is -0.264 e. The molecular weight excluding hydrogens is 212 g/mol. The first-order chi connectivity index (χ1) is 7.61. The van der Waals surface area contributed by atoms with Crippen LogP contribution in [-0.4, -0.2) is 15.9 Å². The monoisotopic (exact) mass is 220 g/mol. The van der Waals surface area contributed by atoms with Crippen molar-refractivity contribution in [2.45, 2.75) is 12.1 Å². The lowest BCUT2D eigenvalue weighted by Crippen LogP contribution is -2.33. The molecule has 2 atom stereocenters. The van der Waals surface area contributed by atoms with Crippen LogP contribution in [-0.2, 0) is 0 Å². The summed E-state index contributed by atoms with van der Waals surface area (Å²) in [5.74, 6) is 0. The Labute approximate surface area is 90.5 Å². The molecule has 6 heteroatoms. The molecule has 1 aromatic carbocycles. The summed E-state index contributed by atoms with van der Waals surface area (Å²) < 4.78 is 0. The van der Waals surface area contributed by atoms with Crippen LogP contribution in [0, 0.1) is 20.2 Å². The van der Waals surface area contributed by atoms with Crippen molar-refractivity contribution >= 4 is 6.08 Å². The molecular formula is C10H8N2O4. The standard InChI is InChI=1S/C10H8N2O4/c13-11(14)9-6-5-7-3-1-2-4-8(7)10(9)12(15)16/h1-6,9-10H. The maximum atomic E-state index is 10.9. The quantitative estimate of drug-likeness (QED) is 0.560. The Kier molecular flexibility index (Phi) is 2.40. The van der Waals surface area contributed by atoms with Gasteiger partial charge in [0.15, 0.2) is 0 Å². The van der Waals surface area contributed by atoms with Gasteiger partial charge in [-0.05, 0) is 11.6 Å². The summed E-state index contributed by atoms with van der Waals surface area (Å²) in [6, 6.07) is 4.07. The average Bonchev–Trinajstić information content (AvgIpc) is 2.27. The molecule has 0 spiro atoms. The molecule has 1 aromatic rings. The molecule has 0 radical (unpaired) electrons. The predicted molar refractivity (Wildman–Crippen MR) is 56.0 cm³/mol. The SMILES string of the molecule is O=[N+]([O-])C1C=Cc2ccccc2C1[N+](=O)[O-]. The van der Waals surface area contributed by atoms with Gasteiger partial charge in [0.2, 0.25) is 0 Å². The van der Waals surface area contributed by atoms with E-state index in [0.29, 0.717) is 11.1 Å². The van der Waals surface area contributed by atoms with Gasteiger partial charge in [0, 0.05) is 15.4 Å². The van der Waals surface area contributed by atoms with E-state index in [9.17, 15) is 20.2 Å². The molecule has 1 aliphatic rings. The van der Waals surface area contributed by atoms with Gasteiger partial charge >= 0.3 is 12.1 Å². The molecule has 0 saturated carbocycles. The molecule has 0 fully saturated rings. The molecule has 2 unspecified atom stereocenters. The van der Waals surface area contributed by atoms with Crippen molar-refractivity contribution in [3.8, 4) is 0 Å². The van der Waals surface area contributed by atoms with E-state index in [2.05, 4.69) is 0 Å². The number of hydrogen-bond acceptors (Lipinski definition) is 4. The number of rotatable bonds is 2. The van der Waals surface area contributed by atoms with Gasteiger partial charge in [-0.3, -0.25) is 20.2 Å². The number of fused-ring (bicyclic) bond motifs is 1. The van der Waals surface area contributed by atoms with Crippen LogP contribution in [0.5, 0.6) is 0 Å². The van der Waals surface area contributed by atoms with E-state index in [1.54, 1.807) is 30.3 Å². The highest BCUT2D eigenvalue weighted by molar-refractivity contribution is 5.58. The second-order valence-corrected chi connectivity index (χ2v) is 3.49. The average molecular weight is 220 g/mol. The molecule has 0 N–H and O–H groups in total. The van der Waals surface area contributed by atoms with E-state index in [4.69, 9.17) is 0 Å². The first kappa shape index (κ1) is 10.3. The van der Waals surface area contributed by atoms with Crippen LogP contribution in [0.4, 0.5) is 0 Å². The highest BCUT2D eigenvalue weighted by atomic mass is 16.6. The van der Waals surface area contributed by atoms with E-state index in [1.807, 2.05) is 0 Å². The zero-order valence-electron chi connectivity index (χ0n) is 8.15. The fourth-order valence-corrected chi connectivity index (χ4v) is 1.85. The van der Waals surface area contributed by atoms with E-state index in [1.165, 1.54) is 6.08 Å².